The number of pyridine rings is 1. The first-order chi connectivity index (χ1) is 17.2. The highest BCUT2D eigenvalue weighted by atomic mass is 19.1. The molecule has 0 amide bonds. The van der Waals surface area contributed by atoms with Gasteiger partial charge in [-0.25, -0.2) is 14.4 Å². The van der Waals surface area contributed by atoms with Crippen molar-refractivity contribution in [3.8, 4) is 17.1 Å². The fourth-order valence-corrected chi connectivity index (χ4v) is 3.91. The summed E-state index contributed by atoms with van der Waals surface area (Å²) in [5.41, 5.74) is 1.82. The Kier molecular flexibility index (Phi) is 6.97. The van der Waals surface area contributed by atoms with Crippen LogP contribution in [0.15, 0.2) is 42.7 Å². The van der Waals surface area contributed by atoms with Gasteiger partial charge in [-0.2, -0.15) is 4.98 Å². The molecular formula is C24H27FN8O3. The molecule has 0 bridgehead atoms. The van der Waals surface area contributed by atoms with Gasteiger partial charge in [-0.05, 0) is 26.2 Å². The summed E-state index contributed by atoms with van der Waals surface area (Å²) in [5.74, 6) is 0.210. The first kappa shape index (κ1) is 24.8. The van der Waals surface area contributed by atoms with E-state index in [9.17, 15) is 14.5 Å². The summed E-state index contributed by atoms with van der Waals surface area (Å²) in [6.07, 6.45) is 3.35. The summed E-state index contributed by atoms with van der Waals surface area (Å²) in [5, 5.41) is 15.6. The van der Waals surface area contributed by atoms with Crippen LogP contribution in [0.2, 0.25) is 0 Å². The van der Waals surface area contributed by atoms with Gasteiger partial charge in [0.05, 0.1) is 23.2 Å². The van der Waals surface area contributed by atoms with Crippen molar-refractivity contribution in [1.82, 2.24) is 24.4 Å². The Labute approximate surface area is 207 Å². The molecule has 0 saturated heterocycles. The van der Waals surface area contributed by atoms with Crippen molar-refractivity contribution in [3.05, 3.63) is 58.7 Å². The van der Waals surface area contributed by atoms with Gasteiger partial charge >= 0.3 is 5.69 Å². The lowest BCUT2D eigenvalue weighted by molar-refractivity contribution is -0.384. The molecule has 0 radical (unpaired) electrons. The first-order valence-electron chi connectivity index (χ1n) is 11.1. The number of aromatic nitrogens is 4. The number of likely N-dealkylation sites (N-methyl/N-ethyl adjacent to an activating group) is 2. The number of benzene rings is 1. The van der Waals surface area contributed by atoms with Gasteiger partial charge in [0.15, 0.2) is 0 Å². The van der Waals surface area contributed by atoms with Crippen molar-refractivity contribution >= 4 is 34.0 Å². The Morgan fingerprint density at radius 1 is 1.19 bits per heavy atom. The lowest BCUT2D eigenvalue weighted by Crippen LogP contribution is -2.29. The molecule has 0 aliphatic rings. The van der Waals surface area contributed by atoms with E-state index in [1.165, 1.54) is 19.2 Å². The molecule has 1 aromatic carbocycles. The summed E-state index contributed by atoms with van der Waals surface area (Å²) in [6, 6.07) is 7.95. The number of nitrogens with one attached hydrogen (secondary N) is 1. The molecule has 1 N–H and O–H groups in total. The molecule has 0 aliphatic heterocycles. The molecule has 0 fully saturated rings. The maximum Gasteiger partial charge on any atom is 0.313 e. The second-order valence-electron chi connectivity index (χ2n) is 8.55. The Hall–Kier alpha value is -4.32. The maximum absolute atomic E-state index is 14.4. The molecule has 0 spiro atoms. The van der Waals surface area contributed by atoms with Crippen molar-refractivity contribution < 1.29 is 14.1 Å². The third-order valence-corrected chi connectivity index (χ3v) is 5.71. The number of methoxy groups -OCH3 is 1. The predicted molar refractivity (Wildman–Crippen MR) is 136 cm³/mol. The number of ether oxygens (including phenoxy) is 1. The van der Waals surface area contributed by atoms with E-state index in [2.05, 4.69) is 20.3 Å². The molecule has 0 aliphatic carbocycles. The molecule has 3 heterocycles. The molecule has 4 aromatic rings. The normalized spacial score (nSPS) is 11.2. The summed E-state index contributed by atoms with van der Waals surface area (Å²) in [7, 11) is 8.79. The van der Waals surface area contributed by atoms with E-state index in [0.29, 0.717) is 29.7 Å². The molecule has 0 saturated carbocycles. The van der Waals surface area contributed by atoms with E-state index in [1.807, 2.05) is 25.1 Å². The van der Waals surface area contributed by atoms with Gasteiger partial charge in [-0.3, -0.25) is 10.1 Å². The van der Waals surface area contributed by atoms with Crippen molar-refractivity contribution in [1.29, 1.82) is 0 Å². The molecule has 11 nitrogen and oxygen atoms in total. The van der Waals surface area contributed by atoms with E-state index in [4.69, 9.17) is 4.74 Å². The monoisotopic (exact) mass is 494 g/mol. The molecule has 0 atom stereocenters. The Morgan fingerprint density at radius 3 is 2.67 bits per heavy atom. The van der Waals surface area contributed by atoms with Gasteiger partial charge in [0, 0.05) is 56.6 Å². The molecular weight excluding hydrogens is 467 g/mol. The van der Waals surface area contributed by atoms with Crippen LogP contribution in [0.3, 0.4) is 0 Å². The minimum atomic E-state index is -0.485. The van der Waals surface area contributed by atoms with E-state index < -0.39 is 4.92 Å². The third-order valence-electron chi connectivity index (χ3n) is 5.71. The number of nitrogens with zero attached hydrogens (tertiary/aromatic N) is 7. The van der Waals surface area contributed by atoms with Gasteiger partial charge in [-0.1, -0.05) is 12.1 Å². The van der Waals surface area contributed by atoms with Crippen molar-refractivity contribution in [3.63, 3.8) is 0 Å². The lowest BCUT2D eigenvalue weighted by Gasteiger charge is -2.21. The minimum Gasteiger partial charge on any atom is -0.479 e. The highest BCUT2D eigenvalue weighted by Gasteiger charge is 2.24. The number of aryl methyl sites for hydroxylation is 1. The summed E-state index contributed by atoms with van der Waals surface area (Å²) in [4.78, 5) is 28.3. The second kappa shape index (κ2) is 10.1. The lowest BCUT2D eigenvalue weighted by atomic mass is 10.1. The van der Waals surface area contributed by atoms with Gasteiger partial charge in [0.2, 0.25) is 17.6 Å². The largest absolute Gasteiger partial charge is 0.479 e. The molecule has 3 aromatic heterocycles. The molecule has 0 unspecified atom stereocenters. The number of hydrogen-bond donors (Lipinski definition) is 1. The Balaban J connectivity index is 1.71. The fraction of sp³-hybridized carbons (Fsp3) is 0.292. The van der Waals surface area contributed by atoms with Crippen LogP contribution in [0.1, 0.15) is 0 Å². The summed E-state index contributed by atoms with van der Waals surface area (Å²) < 4.78 is 21.5. The SMILES string of the molecule is COc1nc(N(C)CCN(C)C)c([N+](=O)[O-])cc1Nc1nccc(-c2cn(C)c3c(F)cccc23)n1. The van der Waals surface area contributed by atoms with Gasteiger partial charge in [0.25, 0.3) is 0 Å². The summed E-state index contributed by atoms with van der Waals surface area (Å²) >= 11 is 0. The van der Waals surface area contributed by atoms with Crippen LogP contribution in [-0.2, 0) is 7.05 Å². The maximum atomic E-state index is 14.4. The molecule has 4 rings (SSSR count). The summed E-state index contributed by atoms with van der Waals surface area (Å²) in [6.45, 7) is 1.23. The highest BCUT2D eigenvalue weighted by molar-refractivity contribution is 5.95. The minimum absolute atomic E-state index is 0.161. The van der Waals surface area contributed by atoms with E-state index in [-0.39, 0.29) is 34.8 Å². The number of nitro groups is 1. The molecule has 36 heavy (non-hydrogen) atoms. The van der Waals surface area contributed by atoms with E-state index >= 15 is 0 Å². The first-order valence-corrected chi connectivity index (χ1v) is 11.1. The van der Waals surface area contributed by atoms with Crippen molar-refractivity contribution in [2.75, 3.05) is 51.6 Å². The zero-order chi connectivity index (χ0) is 26.0. The average molecular weight is 495 g/mol. The van der Waals surface area contributed by atoms with Crippen LogP contribution in [0.4, 0.5) is 27.5 Å². The van der Waals surface area contributed by atoms with Crippen LogP contribution in [0.5, 0.6) is 5.88 Å². The molecule has 188 valence electrons. The quantitative estimate of drug-likeness (QED) is 0.274. The van der Waals surface area contributed by atoms with Crippen molar-refractivity contribution in [2.45, 2.75) is 0 Å². The predicted octanol–water partition coefficient (Wildman–Crippen LogP) is 3.83. The average Bonchev–Trinajstić information content (AvgIpc) is 3.20. The zero-order valence-electron chi connectivity index (χ0n) is 20.7. The van der Waals surface area contributed by atoms with Crippen LogP contribution < -0.4 is 15.0 Å². The third kappa shape index (κ3) is 4.89. The van der Waals surface area contributed by atoms with Crippen LogP contribution >= 0.6 is 0 Å². The topological polar surface area (TPSA) is 114 Å². The number of para-hydroxylation sites is 1. The van der Waals surface area contributed by atoms with Crippen LogP contribution in [0, 0.1) is 15.9 Å². The second-order valence-corrected chi connectivity index (χ2v) is 8.55. The van der Waals surface area contributed by atoms with Gasteiger partial charge in [0.1, 0.15) is 11.5 Å². The van der Waals surface area contributed by atoms with Crippen LogP contribution in [0.25, 0.3) is 22.2 Å². The van der Waals surface area contributed by atoms with Gasteiger partial charge in [-0.15, -0.1) is 0 Å². The number of hydrogen-bond acceptors (Lipinski definition) is 9. The Morgan fingerprint density at radius 2 is 1.97 bits per heavy atom. The van der Waals surface area contributed by atoms with Gasteiger partial charge < -0.3 is 24.4 Å². The Bertz CT molecular complexity index is 1420. The fourth-order valence-electron chi connectivity index (χ4n) is 3.91. The molecule has 12 heteroatoms. The number of fused-ring (bicyclic) bond motifs is 1. The standard InChI is InChI=1S/C24H27FN8O3/c1-30(2)11-12-31(3)22-20(33(34)35)13-19(23(29-22)36-5)28-24-26-10-9-18(27-24)16-14-32(4)21-15(16)7-6-8-17(21)25/h6-10,13-14H,11-12H2,1-5H3,(H,26,27,28). The van der Waals surface area contributed by atoms with E-state index in [0.717, 1.165) is 5.56 Å². The van der Waals surface area contributed by atoms with E-state index in [1.54, 1.807) is 48.1 Å². The smallest absolute Gasteiger partial charge is 0.313 e. The van der Waals surface area contributed by atoms with Crippen molar-refractivity contribution in [2.24, 2.45) is 7.05 Å². The highest BCUT2D eigenvalue weighted by Crippen LogP contribution is 2.36. The zero-order valence-corrected chi connectivity index (χ0v) is 20.7. The number of halogens is 1. The van der Waals surface area contributed by atoms with Crippen LogP contribution in [-0.4, -0.2) is 70.7 Å². The number of anilines is 3. The number of rotatable bonds is 9.